The largest absolute Gasteiger partial charge is 0.295 e. The Hall–Kier alpha value is -1.62. The van der Waals surface area contributed by atoms with Gasteiger partial charge in [-0.3, -0.25) is 4.79 Å². The Kier molecular flexibility index (Phi) is 4.07. The SMILES string of the molecule is CC1=CC(=O)CC(C)(C)C1/C=C/C(C)=C/C#N. The molecule has 1 aliphatic rings. The van der Waals surface area contributed by atoms with Crippen LogP contribution in [0.5, 0.6) is 0 Å². The van der Waals surface area contributed by atoms with Gasteiger partial charge >= 0.3 is 0 Å². The summed E-state index contributed by atoms with van der Waals surface area (Å²) in [5, 5.41) is 8.55. The highest BCUT2D eigenvalue weighted by Crippen LogP contribution is 2.40. The van der Waals surface area contributed by atoms with Crippen LogP contribution in [0.15, 0.2) is 35.5 Å². The summed E-state index contributed by atoms with van der Waals surface area (Å²) in [6.07, 6.45) is 7.91. The molecule has 0 spiro atoms. The smallest absolute Gasteiger partial charge is 0.156 e. The van der Waals surface area contributed by atoms with Gasteiger partial charge in [-0.1, -0.05) is 31.6 Å². The van der Waals surface area contributed by atoms with E-state index in [-0.39, 0.29) is 17.1 Å². The fourth-order valence-corrected chi connectivity index (χ4v) is 2.38. The highest BCUT2D eigenvalue weighted by molar-refractivity contribution is 5.92. The number of nitrogens with zero attached hydrogens (tertiary/aromatic N) is 1. The van der Waals surface area contributed by atoms with Gasteiger partial charge < -0.3 is 0 Å². The van der Waals surface area contributed by atoms with Crippen LogP contribution in [0.4, 0.5) is 0 Å². The van der Waals surface area contributed by atoms with Crippen molar-refractivity contribution in [3.63, 3.8) is 0 Å². The van der Waals surface area contributed by atoms with Gasteiger partial charge in [0.05, 0.1) is 6.07 Å². The predicted molar refractivity (Wildman–Crippen MR) is 69.2 cm³/mol. The first-order valence-electron chi connectivity index (χ1n) is 5.82. The molecule has 1 rings (SSSR count). The first-order valence-corrected chi connectivity index (χ1v) is 5.82. The third-order valence-electron chi connectivity index (χ3n) is 3.19. The molecule has 0 saturated heterocycles. The highest BCUT2D eigenvalue weighted by Gasteiger charge is 2.34. The molecule has 0 heterocycles. The van der Waals surface area contributed by atoms with Gasteiger partial charge in [0.15, 0.2) is 5.78 Å². The monoisotopic (exact) mass is 229 g/mol. The zero-order valence-corrected chi connectivity index (χ0v) is 10.9. The first kappa shape index (κ1) is 13.4. The van der Waals surface area contributed by atoms with E-state index in [1.165, 1.54) is 6.08 Å². The summed E-state index contributed by atoms with van der Waals surface area (Å²) in [6, 6.07) is 2.01. The quantitative estimate of drug-likeness (QED) is 0.536. The fourth-order valence-electron chi connectivity index (χ4n) is 2.38. The van der Waals surface area contributed by atoms with E-state index in [9.17, 15) is 4.79 Å². The first-order chi connectivity index (χ1) is 7.86. The van der Waals surface area contributed by atoms with E-state index in [1.54, 1.807) is 6.08 Å². The van der Waals surface area contributed by atoms with Crippen molar-refractivity contribution in [3.8, 4) is 6.07 Å². The molecule has 0 fully saturated rings. The summed E-state index contributed by atoms with van der Waals surface area (Å²) >= 11 is 0. The maximum atomic E-state index is 11.5. The zero-order chi connectivity index (χ0) is 13.1. The van der Waals surface area contributed by atoms with Crippen LogP contribution in [0.3, 0.4) is 0 Å². The van der Waals surface area contributed by atoms with Gasteiger partial charge in [-0.05, 0) is 30.9 Å². The molecule has 17 heavy (non-hydrogen) atoms. The average molecular weight is 229 g/mol. The Labute approximate surface area is 103 Å². The molecule has 90 valence electrons. The fraction of sp³-hybridized carbons (Fsp3) is 0.467. The lowest BCUT2D eigenvalue weighted by atomic mass is 9.68. The van der Waals surface area contributed by atoms with E-state index < -0.39 is 0 Å². The van der Waals surface area contributed by atoms with Crippen LogP contribution in [-0.4, -0.2) is 5.78 Å². The Morgan fingerprint density at radius 3 is 2.76 bits per heavy atom. The van der Waals surface area contributed by atoms with Crippen molar-refractivity contribution in [2.75, 3.05) is 0 Å². The van der Waals surface area contributed by atoms with Crippen molar-refractivity contribution in [1.82, 2.24) is 0 Å². The van der Waals surface area contributed by atoms with Crippen LogP contribution in [-0.2, 0) is 4.79 Å². The molecule has 0 aromatic carbocycles. The topological polar surface area (TPSA) is 40.9 Å². The van der Waals surface area contributed by atoms with E-state index in [0.29, 0.717) is 6.42 Å². The second-order valence-electron chi connectivity index (χ2n) is 5.37. The number of rotatable bonds is 2. The third-order valence-corrected chi connectivity index (χ3v) is 3.19. The molecule has 0 amide bonds. The van der Waals surface area contributed by atoms with Crippen molar-refractivity contribution in [2.45, 2.75) is 34.1 Å². The van der Waals surface area contributed by atoms with Crippen molar-refractivity contribution in [2.24, 2.45) is 11.3 Å². The lowest BCUT2D eigenvalue weighted by Gasteiger charge is -2.35. The van der Waals surface area contributed by atoms with Crippen molar-refractivity contribution < 1.29 is 4.79 Å². The number of allylic oxidation sites excluding steroid dienone is 6. The molecule has 0 aliphatic heterocycles. The number of carbonyl (C=O) groups excluding carboxylic acids is 1. The van der Waals surface area contributed by atoms with Crippen LogP contribution in [0, 0.1) is 22.7 Å². The van der Waals surface area contributed by atoms with Gasteiger partial charge in [0.1, 0.15) is 0 Å². The highest BCUT2D eigenvalue weighted by atomic mass is 16.1. The van der Waals surface area contributed by atoms with Gasteiger partial charge in [0, 0.05) is 18.4 Å². The molecular weight excluding hydrogens is 210 g/mol. The average Bonchev–Trinajstić information content (AvgIpc) is 2.14. The number of hydrogen-bond acceptors (Lipinski definition) is 2. The second-order valence-corrected chi connectivity index (χ2v) is 5.37. The van der Waals surface area contributed by atoms with E-state index in [4.69, 9.17) is 5.26 Å². The minimum Gasteiger partial charge on any atom is -0.295 e. The number of ketones is 1. The molecule has 1 atom stereocenters. The van der Waals surface area contributed by atoms with Crippen LogP contribution in [0.25, 0.3) is 0 Å². The maximum absolute atomic E-state index is 11.5. The molecule has 0 saturated carbocycles. The molecule has 0 bridgehead atoms. The van der Waals surface area contributed by atoms with E-state index in [2.05, 4.69) is 19.9 Å². The van der Waals surface area contributed by atoms with Crippen LogP contribution in [0.1, 0.15) is 34.1 Å². The van der Waals surface area contributed by atoms with Gasteiger partial charge in [-0.15, -0.1) is 0 Å². The Balaban J connectivity index is 2.97. The molecule has 0 aromatic heterocycles. The standard InChI is InChI=1S/C15H19NO/c1-11(7-8-16)5-6-14-12(2)9-13(17)10-15(14,3)4/h5-7,9,14H,10H2,1-4H3/b6-5+,11-7+. The lowest BCUT2D eigenvalue weighted by Crippen LogP contribution is -2.30. The van der Waals surface area contributed by atoms with Gasteiger partial charge in [-0.2, -0.15) is 5.26 Å². The molecule has 2 heteroatoms. The summed E-state index contributed by atoms with van der Waals surface area (Å²) in [5.74, 6) is 0.476. The molecule has 0 N–H and O–H groups in total. The lowest BCUT2D eigenvalue weighted by molar-refractivity contribution is -0.117. The van der Waals surface area contributed by atoms with Gasteiger partial charge in [0.25, 0.3) is 0 Å². The Morgan fingerprint density at radius 1 is 1.59 bits per heavy atom. The molecule has 1 aliphatic carbocycles. The van der Waals surface area contributed by atoms with E-state index >= 15 is 0 Å². The number of nitriles is 1. The van der Waals surface area contributed by atoms with E-state index in [1.807, 2.05) is 26.0 Å². The zero-order valence-electron chi connectivity index (χ0n) is 10.9. The second kappa shape index (κ2) is 5.14. The summed E-state index contributed by atoms with van der Waals surface area (Å²) < 4.78 is 0. The van der Waals surface area contributed by atoms with Crippen molar-refractivity contribution in [1.29, 1.82) is 5.26 Å². The minimum absolute atomic E-state index is 0.0423. The molecule has 0 aromatic rings. The van der Waals surface area contributed by atoms with Crippen LogP contribution < -0.4 is 0 Å². The summed E-state index contributed by atoms with van der Waals surface area (Å²) in [7, 11) is 0. The predicted octanol–water partition coefficient (Wildman–Crippen LogP) is 3.57. The number of hydrogen-bond donors (Lipinski definition) is 0. The van der Waals surface area contributed by atoms with Crippen molar-refractivity contribution >= 4 is 5.78 Å². The van der Waals surface area contributed by atoms with Crippen LogP contribution in [0.2, 0.25) is 0 Å². The van der Waals surface area contributed by atoms with E-state index in [0.717, 1.165) is 11.1 Å². The maximum Gasteiger partial charge on any atom is 0.156 e. The third kappa shape index (κ3) is 3.42. The van der Waals surface area contributed by atoms with Crippen LogP contribution >= 0.6 is 0 Å². The molecule has 1 unspecified atom stereocenters. The molecular formula is C15H19NO. The summed E-state index contributed by atoms with van der Waals surface area (Å²) in [6.45, 7) is 8.12. The Morgan fingerprint density at radius 2 is 2.24 bits per heavy atom. The minimum atomic E-state index is -0.0423. The molecule has 2 nitrogen and oxygen atoms in total. The summed E-state index contributed by atoms with van der Waals surface area (Å²) in [4.78, 5) is 11.5. The van der Waals surface area contributed by atoms with Crippen molar-refractivity contribution in [3.05, 3.63) is 35.5 Å². The van der Waals surface area contributed by atoms with Gasteiger partial charge in [0.2, 0.25) is 0 Å². The summed E-state index contributed by atoms with van der Waals surface area (Å²) in [5.41, 5.74) is 2.00. The van der Waals surface area contributed by atoms with Gasteiger partial charge in [-0.25, -0.2) is 0 Å². The molecule has 0 radical (unpaired) electrons. The Bertz CT molecular complexity index is 444. The number of carbonyl (C=O) groups is 1. The normalized spacial score (nSPS) is 24.6.